The SMILES string of the molecule is COC=C(C(=O)OC)c1ccccc1COc1cc(C(F)(F)F)nc(Nc2ccc(Cl)cc2Cl)n1. The Hall–Kier alpha value is -3.50. The number of nitrogens with one attached hydrogen (secondary N) is 1. The van der Waals surface area contributed by atoms with E-state index in [0.29, 0.717) is 22.2 Å². The molecular weight excluding hydrogens is 510 g/mol. The smallest absolute Gasteiger partial charge is 0.433 e. The van der Waals surface area contributed by atoms with Gasteiger partial charge in [0.15, 0.2) is 5.69 Å². The minimum Gasteiger partial charge on any atom is -0.503 e. The first-order valence-electron chi connectivity index (χ1n) is 9.83. The maximum Gasteiger partial charge on any atom is 0.433 e. The lowest BCUT2D eigenvalue weighted by Gasteiger charge is -2.15. The monoisotopic (exact) mass is 527 g/mol. The molecular formula is C23H18Cl2F3N3O4. The summed E-state index contributed by atoms with van der Waals surface area (Å²) in [6.07, 6.45) is -3.56. The van der Waals surface area contributed by atoms with Crippen LogP contribution in [0, 0.1) is 0 Å². The number of hydrogen-bond acceptors (Lipinski definition) is 7. The zero-order valence-corrected chi connectivity index (χ0v) is 19.8. The van der Waals surface area contributed by atoms with Crippen molar-refractivity contribution in [2.24, 2.45) is 0 Å². The summed E-state index contributed by atoms with van der Waals surface area (Å²) in [6.45, 7) is -0.219. The number of anilines is 2. The van der Waals surface area contributed by atoms with Crippen LogP contribution in [0.3, 0.4) is 0 Å². The summed E-state index contributed by atoms with van der Waals surface area (Å²) in [4.78, 5) is 19.7. The summed E-state index contributed by atoms with van der Waals surface area (Å²) in [5, 5.41) is 3.15. The molecule has 1 heterocycles. The van der Waals surface area contributed by atoms with Gasteiger partial charge in [0.25, 0.3) is 0 Å². The number of nitrogens with zero attached hydrogens (tertiary/aromatic N) is 2. The summed E-state index contributed by atoms with van der Waals surface area (Å²) in [6, 6.07) is 11.7. The average molecular weight is 528 g/mol. The Bertz CT molecular complexity index is 1250. The third-order valence-corrected chi connectivity index (χ3v) is 5.04. The first kappa shape index (κ1) is 26.1. The van der Waals surface area contributed by atoms with Crippen LogP contribution in [0.2, 0.25) is 10.0 Å². The van der Waals surface area contributed by atoms with Gasteiger partial charge in [0.1, 0.15) is 12.2 Å². The standard InChI is InChI=1S/C23H18Cl2F3N3O4/c1-33-12-16(21(32)34-2)15-6-4-3-5-13(15)11-35-20-10-19(23(26,27)28)30-22(31-20)29-18-8-7-14(24)9-17(18)25/h3-10,12H,11H2,1-2H3,(H,29,30,31). The highest BCUT2D eigenvalue weighted by Crippen LogP contribution is 2.33. The Morgan fingerprint density at radius 2 is 1.83 bits per heavy atom. The number of aromatic nitrogens is 2. The summed E-state index contributed by atoms with van der Waals surface area (Å²) < 4.78 is 55.7. The lowest BCUT2D eigenvalue weighted by Crippen LogP contribution is -2.12. The van der Waals surface area contributed by atoms with Gasteiger partial charge in [-0.3, -0.25) is 0 Å². The number of halogens is 5. The van der Waals surface area contributed by atoms with Crippen LogP contribution in [0.15, 0.2) is 54.8 Å². The van der Waals surface area contributed by atoms with E-state index in [4.69, 9.17) is 37.4 Å². The van der Waals surface area contributed by atoms with Gasteiger partial charge in [0.05, 0.1) is 31.2 Å². The molecule has 2 aromatic carbocycles. The van der Waals surface area contributed by atoms with Gasteiger partial charge in [-0.15, -0.1) is 0 Å². The van der Waals surface area contributed by atoms with Gasteiger partial charge in [-0.1, -0.05) is 47.5 Å². The molecule has 184 valence electrons. The van der Waals surface area contributed by atoms with Crippen molar-refractivity contribution >= 4 is 46.4 Å². The minimum atomic E-state index is -4.77. The number of esters is 1. The molecule has 1 aromatic heterocycles. The molecule has 0 aliphatic carbocycles. The fourth-order valence-corrected chi connectivity index (χ4v) is 3.38. The first-order valence-corrected chi connectivity index (χ1v) is 10.6. The molecule has 0 aliphatic rings. The number of carbonyl (C=O) groups excluding carboxylic acids is 1. The highest BCUT2D eigenvalue weighted by Gasteiger charge is 2.34. The number of methoxy groups -OCH3 is 2. The molecule has 0 unspecified atom stereocenters. The molecule has 1 N–H and O–H groups in total. The van der Waals surface area contributed by atoms with Crippen LogP contribution in [-0.4, -0.2) is 30.2 Å². The Balaban J connectivity index is 1.93. The van der Waals surface area contributed by atoms with E-state index in [1.54, 1.807) is 24.3 Å². The summed E-state index contributed by atoms with van der Waals surface area (Å²) in [5.74, 6) is -1.40. The second-order valence-corrected chi connectivity index (χ2v) is 7.71. The van der Waals surface area contributed by atoms with Gasteiger partial charge < -0.3 is 19.5 Å². The lowest BCUT2D eigenvalue weighted by atomic mass is 10.0. The van der Waals surface area contributed by atoms with E-state index in [9.17, 15) is 18.0 Å². The largest absolute Gasteiger partial charge is 0.503 e. The van der Waals surface area contributed by atoms with E-state index in [2.05, 4.69) is 15.3 Å². The Morgan fingerprint density at radius 3 is 2.49 bits per heavy atom. The normalized spacial score (nSPS) is 11.7. The van der Waals surface area contributed by atoms with Crippen molar-refractivity contribution in [2.75, 3.05) is 19.5 Å². The van der Waals surface area contributed by atoms with Crippen molar-refractivity contribution in [1.29, 1.82) is 0 Å². The van der Waals surface area contributed by atoms with E-state index in [0.717, 1.165) is 0 Å². The fourth-order valence-electron chi connectivity index (χ4n) is 2.92. The zero-order valence-electron chi connectivity index (χ0n) is 18.3. The van der Waals surface area contributed by atoms with Crippen LogP contribution >= 0.6 is 23.2 Å². The van der Waals surface area contributed by atoms with E-state index in [1.807, 2.05) is 0 Å². The van der Waals surface area contributed by atoms with E-state index < -0.39 is 17.8 Å². The van der Waals surface area contributed by atoms with E-state index in [1.165, 1.54) is 38.7 Å². The quantitative estimate of drug-likeness (QED) is 0.209. The molecule has 0 amide bonds. The molecule has 0 saturated heterocycles. The molecule has 0 saturated carbocycles. The van der Waals surface area contributed by atoms with Crippen molar-refractivity contribution in [3.63, 3.8) is 0 Å². The topological polar surface area (TPSA) is 82.6 Å². The zero-order chi connectivity index (χ0) is 25.6. The van der Waals surface area contributed by atoms with Crippen LogP contribution in [0.5, 0.6) is 5.88 Å². The number of rotatable bonds is 8. The molecule has 7 nitrogen and oxygen atoms in total. The van der Waals surface area contributed by atoms with Gasteiger partial charge in [-0.25, -0.2) is 9.78 Å². The maximum absolute atomic E-state index is 13.5. The van der Waals surface area contributed by atoms with Crippen LogP contribution in [0.4, 0.5) is 24.8 Å². The van der Waals surface area contributed by atoms with Gasteiger partial charge in [-0.05, 0) is 29.3 Å². The molecule has 0 fully saturated rings. The van der Waals surface area contributed by atoms with Crippen molar-refractivity contribution < 1.29 is 32.2 Å². The first-order chi connectivity index (χ1) is 16.6. The van der Waals surface area contributed by atoms with Gasteiger partial charge in [0.2, 0.25) is 11.8 Å². The lowest BCUT2D eigenvalue weighted by molar-refractivity contribution is -0.141. The number of carbonyl (C=O) groups is 1. The van der Waals surface area contributed by atoms with Gasteiger partial charge in [-0.2, -0.15) is 18.2 Å². The number of ether oxygens (including phenoxy) is 3. The molecule has 0 spiro atoms. The molecule has 3 rings (SSSR count). The van der Waals surface area contributed by atoms with Gasteiger partial charge in [0, 0.05) is 11.1 Å². The minimum absolute atomic E-state index is 0.104. The van der Waals surface area contributed by atoms with Crippen molar-refractivity contribution in [3.05, 3.63) is 81.7 Å². The second-order valence-electron chi connectivity index (χ2n) is 6.87. The third kappa shape index (κ3) is 6.77. The summed E-state index contributed by atoms with van der Waals surface area (Å²) in [5.41, 5.74) is 0.0193. The van der Waals surface area contributed by atoms with Crippen molar-refractivity contribution in [3.8, 4) is 5.88 Å². The fraction of sp³-hybridized carbons (Fsp3) is 0.174. The van der Waals surface area contributed by atoms with Gasteiger partial charge >= 0.3 is 12.1 Å². The third-order valence-electron chi connectivity index (χ3n) is 4.49. The summed E-state index contributed by atoms with van der Waals surface area (Å²) >= 11 is 12.0. The predicted molar refractivity (Wildman–Crippen MR) is 125 cm³/mol. The average Bonchev–Trinajstić information content (AvgIpc) is 2.82. The van der Waals surface area contributed by atoms with Crippen LogP contribution in [-0.2, 0) is 27.1 Å². The number of alkyl halides is 3. The van der Waals surface area contributed by atoms with E-state index in [-0.39, 0.29) is 34.7 Å². The predicted octanol–water partition coefficient (Wildman–Crippen LogP) is 6.29. The Kier molecular flexibility index (Phi) is 8.42. The number of benzene rings is 2. The van der Waals surface area contributed by atoms with Crippen molar-refractivity contribution in [1.82, 2.24) is 9.97 Å². The van der Waals surface area contributed by atoms with Crippen LogP contribution in [0.25, 0.3) is 5.57 Å². The van der Waals surface area contributed by atoms with Crippen LogP contribution in [0.1, 0.15) is 16.8 Å². The maximum atomic E-state index is 13.5. The highest BCUT2D eigenvalue weighted by molar-refractivity contribution is 6.36. The molecule has 0 aliphatic heterocycles. The molecule has 35 heavy (non-hydrogen) atoms. The Labute approximate surface area is 208 Å². The Morgan fingerprint density at radius 1 is 1.09 bits per heavy atom. The van der Waals surface area contributed by atoms with Crippen LogP contribution < -0.4 is 10.1 Å². The van der Waals surface area contributed by atoms with Crippen molar-refractivity contribution in [2.45, 2.75) is 12.8 Å². The second kappa shape index (κ2) is 11.3. The molecule has 0 radical (unpaired) electrons. The molecule has 0 atom stereocenters. The molecule has 0 bridgehead atoms. The van der Waals surface area contributed by atoms with E-state index >= 15 is 0 Å². The molecule has 12 heteroatoms. The summed E-state index contributed by atoms with van der Waals surface area (Å²) in [7, 11) is 2.58. The number of hydrogen-bond donors (Lipinski definition) is 1. The highest BCUT2D eigenvalue weighted by atomic mass is 35.5. The molecule has 3 aromatic rings.